The molecule has 0 aliphatic rings. The molecule has 0 radical (unpaired) electrons. The highest BCUT2D eigenvalue weighted by atomic mass is 32.2. The van der Waals surface area contributed by atoms with Crippen molar-refractivity contribution in [1.29, 1.82) is 5.26 Å². The standard InChI is InChI=1S/C7H9N3O2S2/c1-5-4-13-7(9-5)10-14(11,12)6(2)3-8/h4,6H,1-2H3,(H,9,10). The highest BCUT2D eigenvalue weighted by Gasteiger charge is 2.20. The van der Waals surface area contributed by atoms with Crippen LogP contribution in [0, 0.1) is 18.3 Å². The first-order chi connectivity index (χ1) is 6.45. The minimum Gasteiger partial charge on any atom is -0.258 e. The van der Waals surface area contributed by atoms with E-state index in [1.54, 1.807) is 18.4 Å². The number of thiazole rings is 1. The lowest BCUT2D eigenvalue weighted by Gasteiger charge is -2.05. The van der Waals surface area contributed by atoms with Gasteiger partial charge in [0.15, 0.2) is 10.4 Å². The van der Waals surface area contributed by atoms with Crippen molar-refractivity contribution >= 4 is 26.5 Å². The van der Waals surface area contributed by atoms with Gasteiger partial charge >= 0.3 is 0 Å². The molecule has 0 bridgehead atoms. The summed E-state index contributed by atoms with van der Waals surface area (Å²) in [7, 11) is -3.61. The Kier molecular flexibility index (Phi) is 3.08. The first-order valence-electron chi connectivity index (χ1n) is 3.79. The molecule has 14 heavy (non-hydrogen) atoms. The summed E-state index contributed by atoms with van der Waals surface area (Å²) >= 11 is 1.19. The van der Waals surface area contributed by atoms with E-state index in [1.807, 2.05) is 0 Å². The molecule has 1 atom stereocenters. The number of rotatable bonds is 3. The van der Waals surface area contributed by atoms with Crippen molar-refractivity contribution in [1.82, 2.24) is 4.98 Å². The summed E-state index contributed by atoms with van der Waals surface area (Å²) in [6.07, 6.45) is 0. The molecule has 0 spiro atoms. The van der Waals surface area contributed by atoms with Gasteiger partial charge < -0.3 is 0 Å². The van der Waals surface area contributed by atoms with Crippen molar-refractivity contribution in [3.05, 3.63) is 11.1 Å². The zero-order valence-corrected chi connectivity index (χ0v) is 9.32. The summed E-state index contributed by atoms with van der Waals surface area (Å²) in [6.45, 7) is 3.09. The zero-order chi connectivity index (χ0) is 10.8. The first kappa shape index (κ1) is 10.9. The van der Waals surface area contributed by atoms with Gasteiger partial charge in [-0.2, -0.15) is 5.26 Å². The Morgan fingerprint density at radius 2 is 2.36 bits per heavy atom. The highest BCUT2D eigenvalue weighted by Crippen LogP contribution is 2.17. The average molecular weight is 231 g/mol. The second-order valence-electron chi connectivity index (χ2n) is 2.71. The monoisotopic (exact) mass is 231 g/mol. The van der Waals surface area contributed by atoms with Crippen LogP contribution in [0.5, 0.6) is 0 Å². The van der Waals surface area contributed by atoms with Gasteiger partial charge in [0.2, 0.25) is 0 Å². The molecule has 1 aromatic rings. The van der Waals surface area contributed by atoms with E-state index in [2.05, 4.69) is 9.71 Å². The van der Waals surface area contributed by atoms with Crippen LogP contribution in [0.15, 0.2) is 5.38 Å². The molecule has 0 aliphatic heterocycles. The number of aromatic nitrogens is 1. The van der Waals surface area contributed by atoms with Crippen LogP contribution < -0.4 is 4.72 Å². The predicted molar refractivity (Wildman–Crippen MR) is 54.5 cm³/mol. The second-order valence-corrected chi connectivity index (χ2v) is 5.57. The van der Waals surface area contributed by atoms with Crippen molar-refractivity contribution in [3.8, 4) is 6.07 Å². The number of nitriles is 1. The molecular formula is C7H9N3O2S2. The highest BCUT2D eigenvalue weighted by molar-refractivity contribution is 7.93. The number of hydrogen-bond donors (Lipinski definition) is 1. The van der Waals surface area contributed by atoms with Crippen LogP contribution in [-0.2, 0) is 10.0 Å². The zero-order valence-electron chi connectivity index (χ0n) is 7.68. The van der Waals surface area contributed by atoms with Crippen molar-refractivity contribution < 1.29 is 8.42 Å². The maximum Gasteiger partial charge on any atom is 0.250 e. The van der Waals surface area contributed by atoms with Crippen LogP contribution in [0.4, 0.5) is 5.13 Å². The Labute approximate surface area is 86.5 Å². The molecule has 1 heterocycles. The van der Waals surface area contributed by atoms with E-state index in [9.17, 15) is 8.42 Å². The summed E-state index contributed by atoms with van der Waals surface area (Å²) in [5.41, 5.74) is 0.748. The first-order valence-corrected chi connectivity index (χ1v) is 6.21. The van der Waals surface area contributed by atoms with Gasteiger partial charge in [-0.25, -0.2) is 13.4 Å². The fourth-order valence-electron chi connectivity index (χ4n) is 0.680. The fraction of sp³-hybridized carbons (Fsp3) is 0.429. The SMILES string of the molecule is Cc1csc(NS(=O)(=O)C(C)C#N)n1. The van der Waals surface area contributed by atoms with Crippen molar-refractivity contribution in [3.63, 3.8) is 0 Å². The lowest BCUT2D eigenvalue weighted by Crippen LogP contribution is -2.23. The fourth-order valence-corrected chi connectivity index (χ4v) is 2.36. The van der Waals surface area contributed by atoms with E-state index in [0.29, 0.717) is 5.13 Å². The number of nitrogens with one attached hydrogen (secondary N) is 1. The third-order valence-corrected chi connectivity index (χ3v) is 4.01. The van der Waals surface area contributed by atoms with Gasteiger partial charge in [0.05, 0.1) is 11.8 Å². The minimum absolute atomic E-state index is 0.296. The number of nitrogens with zero attached hydrogens (tertiary/aromatic N) is 2. The molecule has 5 nitrogen and oxygen atoms in total. The molecule has 1 rings (SSSR count). The van der Waals surface area contributed by atoms with Gasteiger partial charge in [0.25, 0.3) is 10.0 Å². The maximum absolute atomic E-state index is 11.4. The average Bonchev–Trinajstić information content (AvgIpc) is 2.48. The predicted octanol–water partition coefficient (Wildman–Crippen LogP) is 1.11. The topological polar surface area (TPSA) is 82.9 Å². The van der Waals surface area contributed by atoms with E-state index >= 15 is 0 Å². The van der Waals surface area contributed by atoms with Gasteiger partial charge in [0, 0.05) is 5.38 Å². The van der Waals surface area contributed by atoms with Crippen molar-refractivity contribution in [2.45, 2.75) is 19.1 Å². The second kappa shape index (κ2) is 3.94. The van der Waals surface area contributed by atoms with Crippen LogP contribution in [0.3, 0.4) is 0 Å². The molecule has 0 saturated heterocycles. The third kappa shape index (κ3) is 2.43. The molecule has 0 fully saturated rings. The van der Waals surface area contributed by atoms with Crippen LogP contribution >= 0.6 is 11.3 Å². The van der Waals surface area contributed by atoms with E-state index in [1.165, 1.54) is 18.3 Å². The summed E-state index contributed by atoms with van der Waals surface area (Å²) in [6, 6.07) is 1.66. The van der Waals surface area contributed by atoms with E-state index in [-0.39, 0.29) is 0 Å². The maximum atomic E-state index is 11.4. The van der Waals surface area contributed by atoms with Crippen LogP contribution in [0.25, 0.3) is 0 Å². The van der Waals surface area contributed by atoms with E-state index in [0.717, 1.165) is 5.69 Å². The quantitative estimate of drug-likeness (QED) is 0.844. The number of anilines is 1. The summed E-state index contributed by atoms with van der Waals surface area (Å²) in [5.74, 6) is 0. The Bertz CT molecular complexity index is 458. The molecule has 0 amide bonds. The third-order valence-electron chi connectivity index (χ3n) is 1.50. The molecule has 0 aromatic carbocycles. The van der Waals surface area contributed by atoms with Gasteiger partial charge in [-0.1, -0.05) is 0 Å². The van der Waals surface area contributed by atoms with Gasteiger partial charge in [-0.05, 0) is 13.8 Å². The van der Waals surface area contributed by atoms with Crippen LogP contribution in [0.2, 0.25) is 0 Å². The van der Waals surface area contributed by atoms with E-state index in [4.69, 9.17) is 5.26 Å². The van der Waals surface area contributed by atoms with Crippen molar-refractivity contribution in [2.75, 3.05) is 4.72 Å². The molecule has 7 heteroatoms. The van der Waals surface area contributed by atoms with Gasteiger partial charge in [0.1, 0.15) is 0 Å². The Morgan fingerprint density at radius 3 is 2.79 bits per heavy atom. The Balaban J connectivity index is 2.85. The molecular weight excluding hydrogens is 222 g/mol. The molecule has 0 aliphatic carbocycles. The normalized spacial score (nSPS) is 13.2. The van der Waals surface area contributed by atoms with Gasteiger partial charge in [-0.15, -0.1) is 11.3 Å². The van der Waals surface area contributed by atoms with Crippen molar-refractivity contribution in [2.24, 2.45) is 0 Å². The lowest BCUT2D eigenvalue weighted by atomic mass is 10.5. The number of hydrogen-bond acceptors (Lipinski definition) is 5. The van der Waals surface area contributed by atoms with Crippen LogP contribution in [0.1, 0.15) is 12.6 Å². The lowest BCUT2D eigenvalue weighted by molar-refractivity contribution is 0.597. The number of aryl methyl sites for hydroxylation is 1. The number of sulfonamides is 1. The Morgan fingerprint density at radius 1 is 1.71 bits per heavy atom. The largest absolute Gasteiger partial charge is 0.258 e. The Hall–Kier alpha value is -1.13. The molecule has 76 valence electrons. The van der Waals surface area contributed by atoms with Crippen LogP contribution in [-0.4, -0.2) is 18.7 Å². The molecule has 1 unspecified atom stereocenters. The molecule has 0 saturated carbocycles. The minimum atomic E-state index is -3.61. The summed E-state index contributed by atoms with van der Waals surface area (Å²) in [5, 5.41) is 9.42. The summed E-state index contributed by atoms with van der Waals surface area (Å²) in [4.78, 5) is 3.93. The van der Waals surface area contributed by atoms with E-state index < -0.39 is 15.3 Å². The molecule has 1 aromatic heterocycles. The van der Waals surface area contributed by atoms with Gasteiger partial charge in [-0.3, -0.25) is 4.72 Å². The summed E-state index contributed by atoms with van der Waals surface area (Å²) < 4.78 is 25.0. The molecule has 1 N–H and O–H groups in total. The smallest absolute Gasteiger partial charge is 0.250 e.